The molecule has 0 atom stereocenters. The van der Waals surface area contributed by atoms with E-state index in [9.17, 15) is 4.79 Å². The molecule has 13 heavy (non-hydrogen) atoms. The van der Waals surface area contributed by atoms with E-state index < -0.39 is 0 Å². The molecule has 0 bridgehead atoms. The maximum atomic E-state index is 11.1. The Labute approximate surface area is 85.7 Å². The predicted octanol–water partition coefficient (Wildman–Crippen LogP) is 3.16. The van der Waals surface area contributed by atoms with Gasteiger partial charge in [-0.1, -0.05) is 49.0 Å². The zero-order valence-electron chi connectivity index (χ0n) is 8.01. The molecule has 0 fully saturated rings. The zero-order valence-corrected chi connectivity index (χ0v) is 9.64. The van der Waals surface area contributed by atoms with Gasteiger partial charge in [-0.05, 0) is 11.5 Å². The van der Waals surface area contributed by atoms with E-state index in [1.54, 1.807) is 0 Å². The van der Waals surface area contributed by atoms with Crippen molar-refractivity contribution in [2.75, 3.05) is 0 Å². The molecule has 0 unspecified atom stereocenters. The molecule has 0 saturated carbocycles. The van der Waals surface area contributed by atoms with Crippen LogP contribution in [-0.2, 0) is 6.42 Å². The Bertz CT molecular complexity index is 415. The van der Waals surface area contributed by atoms with E-state index >= 15 is 0 Å². The predicted molar refractivity (Wildman–Crippen MR) is 59.6 cm³/mol. The van der Waals surface area contributed by atoms with Crippen LogP contribution in [0.1, 0.15) is 30.5 Å². The maximum absolute atomic E-state index is 11.1. The van der Waals surface area contributed by atoms with E-state index in [1.165, 1.54) is 38.0 Å². The Morgan fingerprint density at radius 2 is 2.00 bits per heavy atom. The molecule has 0 amide bonds. The fraction of sp³-hybridized carbons (Fsp3) is 0.500. The fourth-order valence-electron chi connectivity index (χ4n) is 1.42. The summed E-state index contributed by atoms with van der Waals surface area (Å²) < 4.78 is 0.231. The van der Waals surface area contributed by atoms with E-state index in [0.717, 1.165) is 6.42 Å². The minimum atomic E-state index is 0.231. The van der Waals surface area contributed by atoms with Crippen LogP contribution in [0.3, 0.4) is 0 Å². The smallest absolute Gasteiger partial charge is 0.265 e. The molecule has 2 rings (SSSR count). The van der Waals surface area contributed by atoms with E-state index in [4.69, 9.17) is 0 Å². The highest BCUT2D eigenvalue weighted by Crippen LogP contribution is 2.38. The Kier molecular flexibility index (Phi) is 1.96. The summed E-state index contributed by atoms with van der Waals surface area (Å²) in [5.41, 5.74) is 1.69. The molecule has 1 aliphatic carbocycles. The van der Waals surface area contributed by atoms with Crippen LogP contribution in [-0.4, -0.2) is 0 Å². The van der Waals surface area contributed by atoms with Gasteiger partial charge in [0, 0.05) is 16.2 Å². The molecule has 0 radical (unpaired) electrons. The molecule has 1 nitrogen and oxygen atoms in total. The van der Waals surface area contributed by atoms with Gasteiger partial charge < -0.3 is 0 Å². The normalized spacial score (nSPS) is 15.8. The Morgan fingerprint density at radius 3 is 2.54 bits per heavy atom. The lowest BCUT2D eigenvalue weighted by Gasteiger charge is -2.19. The Balaban J connectivity index is 2.40. The molecular weight excluding hydrogens is 200 g/mol. The van der Waals surface area contributed by atoms with Crippen LogP contribution < -0.4 is 4.06 Å². The van der Waals surface area contributed by atoms with Gasteiger partial charge in [-0.25, -0.2) is 0 Å². The van der Waals surface area contributed by atoms with Crippen molar-refractivity contribution < 1.29 is 0 Å². The molecule has 1 aromatic heterocycles. The van der Waals surface area contributed by atoms with Gasteiger partial charge in [-0.2, -0.15) is 0 Å². The number of hydrogen-bond acceptors (Lipinski definition) is 3. The van der Waals surface area contributed by atoms with Gasteiger partial charge in [0.05, 0.1) is 0 Å². The topological polar surface area (TPSA) is 17.1 Å². The first-order valence-corrected chi connectivity index (χ1v) is 5.94. The maximum Gasteiger partial charge on any atom is 0.288 e. The van der Waals surface area contributed by atoms with Gasteiger partial charge in [0.25, 0.3) is 4.06 Å². The van der Waals surface area contributed by atoms with Gasteiger partial charge in [0.1, 0.15) is 0 Å². The van der Waals surface area contributed by atoms with Crippen molar-refractivity contribution in [1.82, 2.24) is 0 Å². The Hall–Kier alpha value is -0.410. The molecule has 1 aromatic rings. The van der Waals surface area contributed by atoms with Crippen LogP contribution in [0.15, 0.2) is 10.4 Å². The summed E-state index contributed by atoms with van der Waals surface area (Å²) in [6, 6.07) is 0. The van der Waals surface area contributed by atoms with Crippen molar-refractivity contribution in [3.8, 4) is 0 Å². The third-order valence-corrected chi connectivity index (χ3v) is 4.45. The van der Waals surface area contributed by atoms with Crippen molar-refractivity contribution >= 4 is 28.7 Å². The molecule has 0 aromatic carbocycles. The second kappa shape index (κ2) is 2.79. The summed E-state index contributed by atoms with van der Waals surface area (Å²) in [5, 5.41) is 0. The van der Waals surface area contributed by atoms with Crippen LogP contribution >= 0.6 is 22.7 Å². The first-order chi connectivity index (χ1) is 5.97. The molecule has 0 N–H and O–H groups in total. The zero-order chi connectivity index (χ0) is 9.64. The lowest BCUT2D eigenvalue weighted by molar-refractivity contribution is 0.499. The number of fused-ring (bicyclic) bond motifs is 1. The minimum Gasteiger partial charge on any atom is -0.265 e. The van der Waals surface area contributed by atoms with Crippen LogP contribution in [0.4, 0.5) is 0 Å². The first kappa shape index (κ1) is 9.16. The molecular formula is C10H12OS2. The second-order valence-corrected chi connectivity index (χ2v) is 6.68. The van der Waals surface area contributed by atoms with Crippen LogP contribution in [0.2, 0.25) is 0 Å². The number of allylic oxidation sites excluding steroid dienone is 1. The summed E-state index contributed by atoms with van der Waals surface area (Å²) in [6.45, 7) is 6.66. The van der Waals surface area contributed by atoms with E-state index in [0.29, 0.717) is 0 Å². The largest absolute Gasteiger partial charge is 0.288 e. The monoisotopic (exact) mass is 212 g/mol. The van der Waals surface area contributed by atoms with Gasteiger partial charge in [0.2, 0.25) is 0 Å². The molecule has 1 heterocycles. The number of hydrogen-bond donors (Lipinski definition) is 0. The van der Waals surface area contributed by atoms with Crippen molar-refractivity contribution in [2.24, 2.45) is 5.41 Å². The molecule has 70 valence electrons. The molecule has 1 aliphatic rings. The molecule has 3 heteroatoms. The number of rotatable bonds is 0. The molecule has 0 saturated heterocycles. The fourth-order valence-corrected chi connectivity index (χ4v) is 3.56. The van der Waals surface area contributed by atoms with Crippen molar-refractivity contribution in [1.29, 1.82) is 0 Å². The average Bonchev–Trinajstić information content (AvgIpc) is 2.40. The van der Waals surface area contributed by atoms with E-state index in [1.807, 2.05) is 0 Å². The highest BCUT2D eigenvalue weighted by atomic mass is 32.2. The summed E-state index contributed by atoms with van der Waals surface area (Å²) in [4.78, 5) is 13.5. The Morgan fingerprint density at radius 1 is 1.31 bits per heavy atom. The quantitative estimate of drug-likeness (QED) is 0.645. The minimum absolute atomic E-state index is 0.231. The van der Waals surface area contributed by atoms with Gasteiger partial charge in [0.15, 0.2) is 0 Å². The third-order valence-electron chi connectivity index (χ3n) is 2.29. The van der Waals surface area contributed by atoms with Crippen LogP contribution in [0, 0.1) is 5.41 Å². The summed E-state index contributed by atoms with van der Waals surface area (Å²) in [7, 11) is 0. The first-order valence-electron chi connectivity index (χ1n) is 4.31. The van der Waals surface area contributed by atoms with Crippen LogP contribution in [0.25, 0.3) is 6.08 Å². The SMILES string of the molecule is CC(C)(C)C1=Cc2sc(=O)sc2C1. The highest BCUT2D eigenvalue weighted by Gasteiger charge is 2.24. The van der Waals surface area contributed by atoms with Gasteiger partial charge in [-0.15, -0.1) is 0 Å². The molecule has 0 aliphatic heterocycles. The summed E-state index contributed by atoms with van der Waals surface area (Å²) in [6.07, 6.45) is 3.18. The van der Waals surface area contributed by atoms with Crippen molar-refractivity contribution in [2.45, 2.75) is 27.2 Å². The van der Waals surface area contributed by atoms with Gasteiger partial charge >= 0.3 is 0 Å². The summed E-state index contributed by atoms with van der Waals surface area (Å²) >= 11 is 2.79. The molecule has 0 spiro atoms. The van der Waals surface area contributed by atoms with Crippen LogP contribution in [0.5, 0.6) is 0 Å². The third kappa shape index (κ3) is 1.63. The standard InChI is InChI=1S/C10H12OS2/c1-10(2,3)6-4-7-8(5-6)13-9(11)12-7/h4H,5H2,1-3H3. The lowest BCUT2D eigenvalue weighted by Crippen LogP contribution is -2.08. The lowest BCUT2D eigenvalue weighted by atomic mass is 9.86. The second-order valence-electron chi connectivity index (χ2n) is 4.34. The average molecular weight is 212 g/mol. The van der Waals surface area contributed by atoms with Crippen molar-refractivity contribution in [3.63, 3.8) is 0 Å². The van der Waals surface area contributed by atoms with E-state index in [2.05, 4.69) is 26.8 Å². The highest BCUT2D eigenvalue weighted by molar-refractivity contribution is 7.28. The van der Waals surface area contributed by atoms with E-state index in [-0.39, 0.29) is 9.47 Å². The summed E-state index contributed by atoms with van der Waals surface area (Å²) in [5.74, 6) is 0. The van der Waals surface area contributed by atoms with Crippen molar-refractivity contribution in [3.05, 3.63) is 24.2 Å². The van der Waals surface area contributed by atoms with Gasteiger partial charge in [-0.3, -0.25) is 4.79 Å².